The number of rotatable bonds is 3. The van der Waals surface area contributed by atoms with Crippen molar-refractivity contribution in [1.29, 1.82) is 5.26 Å². The number of aryl methyl sites for hydroxylation is 3. The molecule has 6 heteroatoms. The van der Waals surface area contributed by atoms with E-state index in [0.717, 1.165) is 33.8 Å². The van der Waals surface area contributed by atoms with Gasteiger partial charge in [0.15, 0.2) is 11.5 Å². The maximum Gasteiger partial charge on any atom is 0.374 e. The summed E-state index contributed by atoms with van der Waals surface area (Å²) in [7, 11) is 5.49. The molecule has 2 aromatic heterocycles. The molecule has 116 valence electrons. The topological polar surface area (TPSA) is 63.7 Å². The first-order valence-electron chi connectivity index (χ1n) is 7.31. The lowest BCUT2D eigenvalue weighted by molar-refractivity contribution is 0.564. The standard InChI is InChI=1S/C17H19BN4O/c1-9-7-10(2)20-16(11(9)3)17(23-18)15(8-19)22-14(6)12(4)13(5)21-22/h7H,1-6H3. The minimum Gasteiger partial charge on any atom is -0.564 e. The molecule has 0 fully saturated rings. The predicted octanol–water partition coefficient (Wildman–Crippen LogP) is 3.08. The Labute approximate surface area is 138 Å². The number of pyridine rings is 1. The third-order valence-electron chi connectivity index (χ3n) is 4.18. The van der Waals surface area contributed by atoms with Crippen molar-refractivity contribution in [1.82, 2.24) is 14.8 Å². The Morgan fingerprint density at radius 2 is 1.83 bits per heavy atom. The molecule has 0 amide bonds. The summed E-state index contributed by atoms with van der Waals surface area (Å²) in [5.74, 6) is 0.224. The number of hydrogen-bond acceptors (Lipinski definition) is 4. The summed E-state index contributed by atoms with van der Waals surface area (Å²) in [6.07, 6.45) is 0. The van der Waals surface area contributed by atoms with Crippen molar-refractivity contribution in [3.05, 3.63) is 45.5 Å². The highest BCUT2D eigenvalue weighted by atomic mass is 16.4. The smallest absolute Gasteiger partial charge is 0.374 e. The fourth-order valence-electron chi connectivity index (χ4n) is 2.48. The normalized spacial score (nSPS) is 11.9. The zero-order chi connectivity index (χ0) is 17.3. The molecule has 2 aromatic rings. The molecule has 2 heterocycles. The van der Waals surface area contributed by atoms with Gasteiger partial charge in [-0.15, -0.1) is 0 Å². The van der Waals surface area contributed by atoms with Gasteiger partial charge in [0.1, 0.15) is 11.8 Å². The van der Waals surface area contributed by atoms with E-state index in [9.17, 15) is 5.26 Å². The van der Waals surface area contributed by atoms with Crippen molar-refractivity contribution < 1.29 is 4.65 Å². The van der Waals surface area contributed by atoms with Crippen LogP contribution in [-0.2, 0) is 4.65 Å². The Morgan fingerprint density at radius 3 is 2.30 bits per heavy atom. The number of aromatic nitrogens is 3. The van der Waals surface area contributed by atoms with Crippen LogP contribution >= 0.6 is 0 Å². The van der Waals surface area contributed by atoms with Crippen molar-refractivity contribution in [3.8, 4) is 6.07 Å². The summed E-state index contributed by atoms with van der Waals surface area (Å²) in [4.78, 5) is 4.50. The molecule has 2 radical (unpaired) electrons. The van der Waals surface area contributed by atoms with Crippen LogP contribution in [0.1, 0.15) is 39.5 Å². The molecule has 0 bridgehead atoms. The van der Waals surface area contributed by atoms with E-state index < -0.39 is 0 Å². The fraction of sp³-hybridized carbons (Fsp3) is 0.353. The lowest BCUT2D eigenvalue weighted by Crippen LogP contribution is -2.08. The van der Waals surface area contributed by atoms with Crippen molar-refractivity contribution in [2.75, 3.05) is 0 Å². The molecule has 0 unspecified atom stereocenters. The highest BCUT2D eigenvalue weighted by molar-refractivity contribution is 6.04. The number of allylic oxidation sites excluding steroid dienone is 1. The Morgan fingerprint density at radius 1 is 1.17 bits per heavy atom. The van der Waals surface area contributed by atoms with Gasteiger partial charge in [0, 0.05) is 11.4 Å². The summed E-state index contributed by atoms with van der Waals surface area (Å²) in [5.41, 5.74) is 6.35. The summed E-state index contributed by atoms with van der Waals surface area (Å²) >= 11 is 0. The van der Waals surface area contributed by atoms with Crippen LogP contribution < -0.4 is 0 Å². The van der Waals surface area contributed by atoms with Crippen LogP contribution in [0.25, 0.3) is 11.5 Å². The average molecular weight is 306 g/mol. The van der Waals surface area contributed by atoms with Crippen molar-refractivity contribution in [2.45, 2.75) is 41.5 Å². The number of hydrogen-bond donors (Lipinski definition) is 0. The first kappa shape index (κ1) is 16.8. The zero-order valence-corrected chi connectivity index (χ0v) is 14.4. The van der Waals surface area contributed by atoms with Crippen LogP contribution in [0.4, 0.5) is 0 Å². The van der Waals surface area contributed by atoms with Crippen LogP contribution in [0, 0.1) is 52.9 Å². The van der Waals surface area contributed by atoms with Crippen LogP contribution in [-0.4, -0.2) is 22.8 Å². The average Bonchev–Trinajstić information content (AvgIpc) is 2.76. The van der Waals surface area contributed by atoms with Gasteiger partial charge >= 0.3 is 8.05 Å². The largest absolute Gasteiger partial charge is 0.564 e. The van der Waals surface area contributed by atoms with E-state index >= 15 is 0 Å². The van der Waals surface area contributed by atoms with Gasteiger partial charge in [-0.2, -0.15) is 10.4 Å². The first-order chi connectivity index (χ1) is 10.8. The highest BCUT2D eigenvalue weighted by Gasteiger charge is 2.20. The zero-order valence-electron chi connectivity index (χ0n) is 14.4. The Bertz CT molecular complexity index is 843. The maximum atomic E-state index is 9.66. The Kier molecular flexibility index (Phi) is 4.60. The summed E-state index contributed by atoms with van der Waals surface area (Å²) < 4.78 is 6.63. The molecule has 23 heavy (non-hydrogen) atoms. The second-order valence-electron chi connectivity index (χ2n) is 5.67. The number of nitrogens with zero attached hydrogens (tertiary/aromatic N) is 4. The minimum absolute atomic E-state index is 0.224. The lowest BCUT2D eigenvalue weighted by atomic mass is 10.1. The van der Waals surface area contributed by atoms with Crippen molar-refractivity contribution >= 4 is 19.5 Å². The van der Waals surface area contributed by atoms with Crippen LogP contribution in [0.15, 0.2) is 6.07 Å². The maximum absolute atomic E-state index is 9.66. The molecule has 0 aromatic carbocycles. The monoisotopic (exact) mass is 306 g/mol. The van der Waals surface area contributed by atoms with Crippen LogP contribution in [0.3, 0.4) is 0 Å². The van der Waals surface area contributed by atoms with E-state index in [-0.39, 0.29) is 11.5 Å². The van der Waals surface area contributed by atoms with Gasteiger partial charge in [-0.25, -0.2) is 9.67 Å². The van der Waals surface area contributed by atoms with E-state index in [1.807, 2.05) is 47.6 Å². The second-order valence-corrected chi connectivity index (χ2v) is 5.67. The predicted molar refractivity (Wildman–Crippen MR) is 90.4 cm³/mol. The van der Waals surface area contributed by atoms with E-state index in [0.29, 0.717) is 5.69 Å². The molecular formula is C17H19BN4O. The van der Waals surface area contributed by atoms with Crippen molar-refractivity contribution in [3.63, 3.8) is 0 Å². The van der Waals surface area contributed by atoms with Gasteiger partial charge in [0.2, 0.25) is 0 Å². The fourth-order valence-corrected chi connectivity index (χ4v) is 2.48. The summed E-state index contributed by atoms with van der Waals surface area (Å²) in [6.45, 7) is 11.6. The Balaban J connectivity index is 2.81. The van der Waals surface area contributed by atoms with E-state index in [4.69, 9.17) is 12.7 Å². The summed E-state index contributed by atoms with van der Waals surface area (Å²) in [6, 6.07) is 4.13. The molecule has 0 aliphatic carbocycles. The number of nitriles is 1. The molecule has 0 N–H and O–H groups in total. The van der Waals surface area contributed by atoms with E-state index in [1.54, 1.807) is 4.68 Å². The molecule has 0 spiro atoms. The Hall–Kier alpha value is -2.55. The second kappa shape index (κ2) is 6.29. The molecule has 0 saturated heterocycles. The van der Waals surface area contributed by atoms with Gasteiger partial charge < -0.3 is 4.65 Å². The van der Waals surface area contributed by atoms with Crippen molar-refractivity contribution in [2.24, 2.45) is 0 Å². The van der Waals surface area contributed by atoms with Gasteiger partial charge in [0.25, 0.3) is 0 Å². The quantitative estimate of drug-likeness (QED) is 0.496. The van der Waals surface area contributed by atoms with Gasteiger partial charge in [-0.05, 0) is 64.3 Å². The molecule has 0 aliphatic heterocycles. The molecule has 0 atom stereocenters. The molecule has 0 aliphatic rings. The molecular weight excluding hydrogens is 287 g/mol. The molecule has 2 rings (SSSR count). The van der Waals surface area contributed by atoms with Crippen LogP contribution in [0.5, 0.6) is 0 Å². The van der Waals surface area contributed by atoms with Gasteiger partial charge in [0.05, 0.1) is 5.69 Å². The minimum atomic E-state index is 0.224. The third kappa shape index (κ3) is 2.87. The molecule has 5 nitrogen and oxygen atoms in total. The van der Waals surface area contributed by atoms with E-state index in [2.05, 4.69) is 16.2 Å². The third-order valence-corrected chi connectivity index (χ3v) is 4.18. The first-order valence-corrected chi connectivity index (χ1v) is 7.31. The SMILES string of the molecule is [B]OC(=C(C#N)n1nc(C)c(C)c1C)c1nc(C)cc(C)c1C. The highest BCUT2D eigenvalue weighted by Crippen LogP contribution is 2.27. The molecule has 0 saturated carbocycles. The van der Waals surface area contributed by atoms with Gasteiger partial charge in [-0.1, -0.05) is 0 Å². The van der Waals surface area contributed by atoms with E-state index in [1.165, 1.54) is 0 Å². The summed E-state index contributed by atoms with van der Waals surface area (Å²) in [5, 5.41) is 14.1. The van der Waals surface area contributed by atoms with Crippen LogP contribution in [0.2, 0.25) is 0 Å². The lowest BCUT2D eigenvalue weighted by Gasteiger charge is -2.15. The van der Waals surface area contributed by atoms with Gasteiger partial charge in [-0.3, -0.25) is 0 Å².